The zero-order valence-electron chi connectivity index (χ0n) is 14.2. The molecule has 0 saturated heterocycles. The molecule has 2 amide bonds. The van der Waals surface area contributed by atoms with E-state index in [2.05, 4.69) is 10.5 Å². The van der Waals surface area contributed by atoms with Crippen LogP contribution in [-0.4, -0.2) is 23.5 Å². The predicted molar refractivity (Wildman–Crippen MR) is 97.5 cm³/mol. The van der Waals surface area contributed by atoms with Gasteiger partial charge in [-0.15, -0.1) is 0 Å². The summed E-state index contributed by atoms with van der Waals surface area (Å²) in [4.78, 5) is 27.1. The molecule has 0 saturated carbocycles. The summed E-state index contributed by atoms with van der Waals surface area (Å²) in [5, 5.41) is 6.41. The lowest BCUT2D eigenvalue weighted by atomic mass is 10.1. The summed E-state index contributed by atoms with van der Waals surface area (Å²) in [6.07, 6.45) is 0.841. The van der Waals surface area contributed by atoms with Crippen molar-refractivity contribution in [3.05, 3.63) is 77.0 Å². The molecule has 1 N–H and O–H groups in total. The summed E-state index contributed by atoms with van der Waals surface area (Å²) >= 11 is 0. The number of amides is 2. The van der Waals surface area contributed by atoms with Crippen LogP contribution in [0.2, 0.25) is 0 Å². The van der Waals surface area contributed by atoms with E-state index in [0.717, 1.165) is 17.7 Å². The van der Waals surface area contributed by atoms with Gasteiger partial charge in [0, 0.05) is 29.4 Å². The Morgan fingerprint density at radius 1 is 1.08 bits per heavy atom. The molecular weight excluding hydrogens is 330 g/mol. The van der Waals surface area contributed by atoms with Gasteiger partial charge in [0.1, 0.15) is 5.76 Å². The first-order valence-corrected chi connectivity index (χ1v) is 8.36. The van der Waals surface area contributed by atoms with Crippen molar-refractivity contribution in [1.29, 1.82) is 0 Å². The molecule has 0 fully saturated rings. The van der Waals surface area contributed by atoms with E-state index in [-0.39, 0.29) is 11.8 Å². The van der Waals surface area contributed by atoms with E-state index in [9.17, 15) is 9.59 Å². The summed E-state index contributed by atoms with van der Waals surface area (Å²) in [6.45, 7) is 2.39. The molecule has 0 spiro atoms. The average Bonchev–Trinajstić information content (AvgIpc) is 3.27. The normalized spacial score (nSPS) is 12.7. The van der Waals surface area contributed by atoms with Gasteiger partial charge in [0.05, 0.1) is 0 Å². The van der Waals surface area contributed by atoms with Gasteiger partial charge >= 0.3 is 0 Å². The van der Waals surface area contributed by atoms with Crippen molar-refractivity contribution in [2.45, 2.75) is 13.3 Å². The Bertz CT molecular complexity index is 993. The Kier molecular flexibility index (Phi) is 4.01. The number of carbonyl (C=O) groups is 2. The number of benzene rings is 2. The van der Waals surface area contributed by atoms with Crippen LogP contribution in [0.1, 0.15) is 32.0 Å². The first-order valence-electron chi connectivity index (χ1n) is 8.36. The molecule has 2 heterocycles. The zero-order valence-corrected chi connectivity index (χ0v) is 14.2. The second-order valence-corrected chi connectivity index (χ2v) is 6.19. The highest BCUT2D eigenvalue weighted by Gasteiger charge is 2.25. The molecule has 0 unspecified atom stereocenters. The van der Waals surface area contributed by atoms with E-state index in [0.29, 0.717) is 29.2 Å². The van der Waals surface area contributed by atoms with E-state index in [1.165, 1.54) is 0 Å². The Morgan fingerprint density at radius 2 is 1.88 bits per heavy atom. The van der Waals surface area contributed by atoms with Crippen molar-refractivity contribution in [2.24, 2.45) is 0 Å². The van der Waals surface area contributed by atoms with Gasteiger partial charge in [-0.1, -0.05) is 29.4 Å². The van der Waals surface area contributed by atoms with Crippen molar-refractivity contribution >= 4 is 23.3 Å². The number of nitrogens with zero attached hydrogens (tertiary/aromatic N) is 2. The molecule has 3 aromatic rings. The van der Waals surface area contributed by atoms with Gasteiger partial charge in [-0.05, 0) is 43.2 Å². The quantitative estimate of drug-likeness (QED) is 0.787. The molecule has 130 valence electrons. The van der Waals surface area contributed by atoms with Crippen molar-refractivity contribution in [1.82, 2.24) is 5.16 Å². The van der Waals surface area contributed by atoms with E-state index in [1.54, 1.807) is 42.2 Å². The maximum Gasteiger partial charge on any atom is 0.258 e. The van der Waals surface area contributed by atoms with Crippen LogP contribution in [0.15, 0.2) is 59.1 Å². The Labute approximate surface area is 150 Å². The zero-order chi connectivity index (χ0) is 18.1. The minimum Gasteiger partial charge on any atom is -0.360 e. The van der Waals surface area contributed by atoms with Crippen LogP contribution >= 0.6 is 0 Å². The standard InChI is InChI=1S/C20H17N3O3/c1-13-11-18(22-26-13)21-19(24)15-6-4-7-16(12-15)20(25)23-10-9-14-5-2-3-8-17(14)23/h2-8,11-12H,9-10H2,1H3,(H,21,22,24). The average molecular weight is 347 g/mol. The topological polar surface area (TPSA) is 75.4 Å². The molecule has 26 heavy (non-hydrogen) atoms. The third-order valence-corrected chi connectivity index (χ3v) is 4.37. The highest BCUT2D eigenvalue weighted by atomic mass is 16.5. The van der Waals surface area contributed by atoms with Gasteiger partial charge in [-0.3, -0.25) is 9.59 Å². The fraction of sp³-hybridized carbons (Fsp3) is 0.150. The first-order chi connectivity index (χ1) is 12.6. The number of para-hydroxylation sites is 1. The van der Waals surface area contributed by atoms with Crippen LogP contribution in [0.25, 0.3) is 0 Å². The van der Waals surface area contributed by atoms with Crippen LogP contribution < -0.4 is 10.2 Å². The van der Waals surface area contributed by atoms with Crippen molar-refractivity contribution in [2.75, 3.05) is 16.8 Å². The summed E-state index contributed by atoms with van der Waals surface area (Å²) in [5.41, 5.74) is 2.97. The lowest BCUT2D eigenvalue weighted by molar-refractivity contribution is 0.0989. The molecule has 6 nitrogen and oxygen atoms in total. The molecule has 0 aliphatic carbocycles. The van der Waals surface area contributed by atoms with Crippen LogP contribution in [0.4, 0.5) is 11.5 Å². The molecule has 0 atom stereocenters. The molecule has 0 radical (unpaired) electrons. The summed E-state index contributed by atoms with van der Waals surface area (Å²) in [6, 6.07) is 16.2. The summed E-state index contributed by atoms with van der Waals surface area (Å²) in [7, 11) is 0. The van der Waals surface area contributed by atoms with Gasteiger partial charge in [0.15, 0.2) is 5.82 Å². The number of anilines is 2. The number of fused-ring (bicyclic) bond motifs is 1. The first kappa shape index (κ1) is 16.1. The monoisotopic (exact) mass is 347 g/mol. The van der Waals surface area contributed by atoms with Crippen LogP contribution in [-0.2, 0) is 6.42 Å². The second kappa shape index (κ2) is 6.48. The third-order valence-electron chi connectivity index (χ3n) is 4.37. The smallest absolute Gasteiger partial charge is 0.258 e. The van der Waals surface area contributed by atoms with E-state index in [4.69, 9.17) is 4.52 Å². The Morgan fingerprint density at radius 3 is 2.69 bits per heavy atom. The minimum absolute atomic E-state index is 0.109. The Hall–Kier alpha value is -3.41. The second-order valence-electron chi connectivity index (χ2n) is 6.19. The minimum atomic E-state index is -0.338. The lowest BCUT2D eigenvalue weighted by Gasteiger charge is -2.17. The molecule has 0 bridgehead atoms. The van der Waals surface area contributed by atoms with Gasteiger partial charge in [-0.25, -0.2) is 0 Å². The van der Waals surface area contributed by atoms with Gasteiger partial charge in [-0.2, -0.15) is 0 Å². The summed E-state index contributed by atoms with van der Waals surface area (Å²) in [5.74, 6) is 0.506. The number of nitrogens with one attached hydrogen (secondary N) is 1. The SMILES string of the molecule is Cc1cc(NC(=O)c2cccc(C(=O)N3CCc4ccccc43)c2)no1. The number of hydrogen-bond donors (Lipinski definition) is 1. The number of carbonyl (C=O) groups excluding carboxylic acids is 2. The number of rotatable bonds is 3. The molecule has 6 heteroatoms. The third kappa shape index (κ3) is 2.97. The van der Waals surface area contributed by atoms with Gasteiger partial charge < -0.3 is 14.7 Å². The van der Waals surface area contributed by atoms with E-state index >= 15 is 0 Å². The maximum atomic E-state index is 12.9. The highest BCUT2D eigenvalue weighted by molar-refractivity contribution is 6.10. The van der Waals surface area contributed by atoms with Crippen molar-refractivity contribution in [3.8, 4) is 0 Å². The highest BCUT2D eigenvalue weighted by Crippen LogP contribution is 2.29. The molecular formula is C20H17N3O3. The number of aryl methyl sites for hydroxylation is 1. The lowest BCUT2D eigenvalue weighted by Crippen LogP contribution is -2.29. The van der Waals surface area contributed by atoms with Gasteiger partial charge in [0.2, 0.25) is 0 Å². The molecule has 1 aliphatic rings. The van der Waals surface area contributed by atoms with E-state index in [1.807, 2.05) is 24.3 Å². The van der Waals surface area contributed by atoms with Gasteiger partial charge in [0.25, 0.3) is 11.8 Å². The van der Waals surface area contributed by atoms with Crippen LogP contribution in [0.3, 0.4) is 0 Å². The predicted octanol–water partition coefficient (Wildman–Crippen LogP) is 3.44. The van der Waals surface area contributed by atoms with Crippen LogP contribution in [0.5, 0.6) is 0 Å². The van der Waals surface area contributed by atoms with Crippen molar-refractivity contribution < 1.29 is 14.1 Å². The molecule has 2 aromatic carbocycles. The summed E-state index contributed by atoms with van der Waals surface area (Å²) < 4.78 is 4.94. The van der Waals surface area contributed by atoms with Crippen LogP contribution in [0, 0.1) is 6.92 Å². The number of hydrogen-bond acceptors (Lipinski definition) is 4. The molecule has 1 aliphatic heterocycles. The molecule has 1 aromatic heterocycles. The van der Waals surface area contributed by atoms with E-state index < -0.39 is 0 Å². The maximum absolute atomic E-state index is 12.9. The van der Waals surface area contributed by atoms with Crippen molar-refractivity contribution in [3.63, 3.8) is 0 Å². The fourth-order valence-electron chi connectivity index (χ4n) is 3.11. The fourth-order valence-corrected chi connectivity index (χ4v) is 3.11. The number of aromatic nitrogens is 1. The Balaban J connectivity index is 1.56. The molecule has 4 rings (SSSR count). The largest absolute Gasteiger partial charge is 0.360 e.